The number of anilines is 1. The van der Waals surface area contributed by atoms with Crippen LogP contribution in [0.4, 0.5) is 5.69 Å². The van der Waals surface area contributed by atoms with Crippen LogP contribution in [0.15, 0.2) is 36.5 Å². The van der Waals surface area contributed by atoms with Crippen LogP contribution in [0, 0.1) is 5.92 Å². The Morgan fingerprint density at radius 1 is 1.33 bits per heavy atom. The zero-order valence-corrected chi connectivity index (χ0v) is 14.2. The van der Waals surface area contributed by atoms with Gasteiger partial charge in [0.15, 0.2) is 0 Å². The first kappa shape index (κ1) is 15.4. The molecule has 1 aromatic carbocycles. The van der Waals surface area contributed by atoms with Crippen LogP contribution in [0.25, 0.3) is 0 Å². The predicted molar refractivity (Wildman–Crippen MR) is 91.9 cm³/mol. The molecule has 24 heavy (non-hydrogen) atoms. The third kappa shape index (κ3) is 2.35. The lowest BCUT2D eigenvalue weighted by Gasteiger charge is -2.25. The van der Waals surface area contributed by atoms with Gasteiger partial charge in [0.05, 0.1) is 11.6 Å². The van der Waals surface area contributed by atoms with Crippen molar-refractivity contribution in [2.75, 3.05) is 18.1 Å². The van der Waals surface area contributed by atoms with Crippen molar-refractivity contribution in [2.24, 2.45) is 5.92 Å². The Morgan fingerprint density at radius 2 is 2.17 bits per heavy atom. The summed E-state index contributed by atoms with van der Waals surface area (Å²) in [5.41, 5.74) is 3.33. The molecule has 0 radical (unpaired) electrons. The molecule has 5 heteroatoms. The van der Waals surface area contributed by atoms with Crippen LogP contribution in [0.5, 0.6) is 0 Å². The molecule has 0 saturated carbocycles. The third-order valence-electron chi connectivity index (χ3n) is 5.23. The highest BCUT2D eigenvalue weighted by Gasteiger charge is 2.41. The van der Waals surface area contributed by atoms with E-state index in [-0.39, 0.29) is 17.9 Å². The molecule has 126 valence electrons. The molecule has 4 rings (SSSR count). The number of carbonyl (C=O) groups excluding carboxylic acids is 1. The van der Waals surface area contributed by atoms with Gasteiger partial charge in [0.2, 0.25) is 5.91 Å². The number of fused-ring (bicyclic) bond motifs is 1. The summed E-state index contributed by atoms with van der Waals surface area (Å²) in [6.07, 6.45) is 2.36. The van der Waals surface area contributed by atoms with Gasteiger partial charge in [-0.1, -0.05) is 25.1 Å². The van der Waals surface area contributed by atoms with Crippen molar-refractivity contribution < 1.29 is 9.53 Å². The monoisotopic (exact) mass is 325 g/mol. The van der Waals surface area contributed by atoms with Crippen molar-refractivity contribution in [3.63, 3.8) is 0 Å². The van der Waals surface area contributed by atoms with Gasteiger partial charge in [-0.15, -0.1) is 0 Å². The van der Waals surface area contributed by atoms with Crippen molar-refractivity contribution in [1.82, 2.24) is 9.78 Å². The molecule has 1 fully saturated rings. The Hall–Kier alpha value is -2.14. The summed E-state index contributed by atoms with van der Waals surface area (Å²) in [6.45, 7) is 6.41. The Bertz CT molecular complexity index is 755. The van der Waals surface area contributed by atoms with Crippen LogP contribution >= 0.6 is 0 Å². The SMILES string of the molecule is CCn1nccc1[C@@H]1OCC[C@H]1C(=O)N1CC(C)c2ccccc21. The summed E-state index contributed by atoms with van der Waals surface area (Å²) in [4.78, 5) is 15.2. The smallest absolute Gasteiger partial charge is 0.233 e. The fourth-order valence-electron chi connectivity index (χ4n) is 4.01. The van der Waals surface area contributed by atoms with Gasteiger partial charge in [0.25, 0.3) is 0 Å². The molecule has 3 heterocycles. The summed E-state index contributed by atoms with van der Waals surface area (Å²) in [6, 6.07) is 10.2. The number of hydrogen-bond acceptors (Lipinski definition) is 3. The van der Waals surface area contributed by atoms with Crippen molar-refractivity contribution >= 4 is 11.6 Å². The van der Waals surface area contributed by atoms with E-state index >= 15 is 0 Å². The minimum Gasteiger partial charge on any atom is -0.371 e. The lowest BCUT2D eigenvalue weighted by molar-refractivity contribution is -0.124. The minimum atomic E-state index is -0.192. The number of nitrogens with zero attached hydrogens (tertiary/aromatic N) is 3. The van der Waals surface area contributed by atoms with Crippen molar-refractivity contribution in [2.45, 2.75) is 38.8 Å². The number of rotatable bonds is 3. The normalized spacial score (nSPS) is 25.9. The first-order valence-electron chi connectivity index (χ1n) is 8.74. The molecule has 1 aromatic heterocycles. The standard InChI is InChI=1S/C19H23N3O2/c1-3-22-17(8-10-20-22)18-15(9-11-24-18)19(23)21-12-13(2)14-6-4-5-7-16(14)21/h4-8,10,13,15,18H,3,9,11-12H2,1-2H3/t13?,15-,18-/m1/s1. The average molecular weight is 325 g/mol. The Morgan fingerprint density at radius 3 is 3.00 bits per heavy atom. The largest absolute Gasteiger partial charge is 0.371 e. The van der Waals surface area contributed by atoms with E-state index in [0.717, 1.165) is 30.9 Å². The Labute approximate surface area is 142 Å². The highest BCUT2D eigenvalue weighted by atomic mass is 16.5. The summed E-state index contributed by atoms with van der Waals surface area (Å²) in [7, 11) is 0. The lowest BCUT2D eigenvalue weighted by Crippen LogP contribution is -2.36. The number of ether oxygens (including phenoxy) is 1. The van der Waals surface area contributed by atoms with Gasteiger partial charge in [-0.2, -0.15) is 5.10 Å². The molecule has 2 aliphatic rings. The lowest BCUT2D eigenvalue weighted by atomic mass is 9.97. The maximum atomic E-state index is 13.3. The second-order valence-corrected chi connectivity index (χ2v) is 6.67. The predicted octanol–water partition coefficient (Wildman–Crippen LogP) is 3.13. The summed E-state index contributed by atoms with van der Waals surface area (Å²) in [5.74, 6) is 0.426. The van der Waals surface area contributed by atoms with Gasteiger partial charge in [-0.3, -0.25) is 9.48 Å². The highest BCUT2D eigenvalue weighted by molar-refractivity contribution is 5.97. The van der Waals surface area contributed by atoms with E-state index in [9.17, 15) is 4.79 Å². The molecule has 1 saturated heterocycles. The zero-order chi connectivity index (χ0) is 16.7. The number of aromatic nitrogens is 2. The van der Waals surface area contributed by atoms with Crippen LogP contribution < -0.4 is 4.90 Å². The van der Waals surface area contributed by atoms with E-state index in [4.69, 9.17) is 4.74 Å². The molecule has 2 aromatic rings. The molecule has 1 unspecified atom stereocenters. The van der Waals surface area contributed by atoms with Gasteiger partial charge in [0.1, 0.15) is 6.10 Å². The fourth-order valence-corrected chi connectivity index (χ4v) is 4.01. The summed E-state index contributed by atoms with van der Waals surface area (Å²) in [5, 5.41) is 4.33. The minimum absolute atomic E-state index is 0.134. The van der Waals surface area contributed by atoms with Crippen LogP contribution in [-0.4, -0.2) is 28.8 Å². The molecule has 0 spiro atoms. The third-order valence-corrected chi connectivity index (χ3v) is 5.23. The number of hydrogen-bond donors (Lipinski definition) is 0. The molecule has 0 aliphatic carbocycles. The molecule has 0 bridgehead atoms. The molecule has 3 atom stereocenters. The van der Waals surface area contributed by atoms with Gasteiger partial charge in [0, 0.05) is 37.5 Å². The average Bonchev–Trinajstić information content (AvgIpc) is 3.32. The van der Waals surface area contributed by atoms with E-state index in [1.807, 2.05) is 27.8 Å². The maximum Gasteiger partial charge on any atom is 0.233 e. The first-order chi connectivity index (χ1) is 11.7. The second kappa shape index (κ2) is 6.06. The molecular formula is C19H23N3O2. The zero-order valence-electron chi connectivity index (χ0n) is 14.2. The summed E-state index contributed by atoms with van der Waals surface area (Å²) >= 11 is 0. The van der Waals surface area contributed by atoms with Gasteiger partial charge < -0.3 is 9.64 Å². The van der Waals surface area contributed by atoms with Crippen molar-refractivity contribution in [3.05, 3.63) is 47.8 Å². The van der Waals surface area contributed by atoms with E-state index in [0.29, 0.717) is 12.5 Å². The van der Waals surface area contributed by atoms with Crippen molar-refractivity contribution in [1.29, 1.82) is 0 Å². The van der Waals surface area contributed by atoms with E-state index in [2.05, 4.69) is 31.1 Å². The van der Waals surface area contributed by atoms with Crippen LogP contribution in [0.2, 0.25) is 0 Å². The maximum absolute atomic E-state index is 13.3. The van der Waals surface area contributed by atoms with Crippen LogP contribution in [-0.2, 0) is 16.1 Å². The number of aryl methyl sites for hydroxylation is 1. The first-order valence-corrected chi connectivity index (χ1v) is 8.74. The van der Waals surface area contributed by atoms with Gasteiger partial charge in [-0.25, -0.2) is 0 Å². The quantitative estimate of drug-likeness (QED) is 0.871. The van der Waals surface area contributed by atoms with E-state index in [1.54, 1.807) is 6.20 Å². The molecule has 5 nitrogen and oxygen atoms in total. The molecule has 0 N–H and O–H groups in total. The summed E-state index contributed by atoms with van der Waals surface area (Å²) < 4.78 is 7.87. The molecule has 1 amide bonds. The fraction of sp³-hybridized carbons (Fsp3) is 0.474. The highest BCUT2D eigenvalue weighted by Crippen LogP contribution is 2.41. The van der Waals surface area contributed by atoms with Gasteiger partial charge >= 0.3 is 0 Å². The Balaban J connectivity index is 1.63. The van der Waals surface area contributed by atoms with Crippen LogP contribution in [0.3, 0.4) is 0 Å². The second-order valence-electron chi connectivity index (χ2n) is 6.67. The van der Waals surface area contributed by atoms with E-state index < -0.39 is 0 Å². The van der Waals surface area contributed by atoms with Gasteiger partial charge in [-0.05, 0) is 31.0 Å². The number of carbonyl (C=O) groups is 1. The molecule has 2 aliphatic heterocycles. The topological polar surface area (TPSA) is 47.4 Å². The van der Waals surface area contributed by atoms with Crippen molar-refractivity contribution in [3.8, 4) is 0 Å². The molecular weight excluding hydrogens is 302 g/mol. The Kier molecular flexibility index (Phi) is 3.88. The van der Waals surface area contributed by atoms with Crippen LogP contribution in [0.1, 0.15) is 43.5 Å². The van der Waals surface area contributed by atoms with E-state index in [1.165, 1.54) is 5.56 Å². The number of benzene rings is 1. The number of para-hydroxylation sites is 1. The number of amides is 1.